The quantitative estimate of drug-likeness (QED) is 0.633. The SMILES string of the molecule is CN(c1ccc(NC(N)=O)cc1)c1ccccc1C(C#N)NO. The van der Waals surface area contributed by atoms with Crippen molar-refractivity contribution >= 4 is 23.1 Å². The van der Waals surface area contributed by atoms with Gasteiger partial charge in [0.15, 0.2) is 0 Å². The van der Waals surface area contributed by atoms with E-state index in [0.717, 1.165) is 11.4 Å². The minimum absolute atomic E-state index is 0.592. The average Bonchev–Trinajstić information content (AvgIpc) is 2.56. The van der Waals surface area contributed by atoms with E-state index in [-0.39, 0.29) is 0 Å². The van der Waals surface area contributed by atoms with Gasteiger partial charge in [0.25, 0.3) is 0 Å². The first-order chi connectivity index (χ1) is 11.1. The molecule has 0 spiro atoms. The highest BCUT2D eigenvalue weighted by Crippen LogP contribution is 2.31. The van der Waals surface area contributed by atoms with Crippen molar-refractivity contribution in [3.05, 3.63) is 54.1 Å². The van der Waals surface area contributed by atoms with E-state index in [1.54, 1.807) is 24.3 Å². The summed E-state index contributed by atoms with van der Waals surface area (Å²) in [6, 6.07) is 14.9. The highest BCUT2D eigenvalue weighted by Gasteiger charge is 2.16. The number of nitriles is 1. The number of hydroxylamine groups is 1. The molecule has 0 heterocycles. The third-order valence-electron chi connectivity index (χ3n) is 3.39. The summed E-state index contributed by atoms with van der Waals surface area (Å²) in [5.74, 6) is 0. The van der Waals surface area contributed by atoms with Crippen LogP contribution in [-0.4, -0.2) is 18.3 Å². The second-order valence-electron chi connectivity index (χ2n) is 4.85. The number of carbonyl (C=O) groups excluding carboxylic acids is 1. The molecule has 2 rings (SSSR count). The van der Waals surface area contributed by atoms with Gasteiger partial charge >= 0.3 is 6.03 Å². The molecule has 23 heavy (non-hydrogen) atoms. The molecule has 5 N–H and O–H groups in total. The Balaban J connectivity index is 2.32. The third-order valence-corrected chi connectivity index (χ3v) is 3.39. The molecule has 0 aliphatic carbocycles. The number of nitrogens with one attached hydrogen (secondary N) is 2. The Bertz CT molecular complexity index is 724. The molecule has 0 aliphatic heterocycles. The number of hydrogen-bond acceptors (Lipinski definition) is 5. The van der Waals surface area contributed by atoms with Gasteiger partial charge in [0.1, 0.15) is 6.04 Å². The first-order valence-corrected chi connectivity index (χ1v) is 6.85. The summed E-state index contributed by atoms with van der Waals surface area (Å²) in [6.07, 6.45) is 0. The Morgan fingerprint density at radius 2 is 1.91 bits per heavy atom. The van der Waals surface area contributed by atoms with Gasteiger partial charge in [-0.05, 0) is 30.3 Å². The van der Waals surface area contributed by atoms with Gasteiger partial charge in [-0.1, -0.05) is 18.2 Å². The number of amides is 2. The Morgan fingerprint density at radius 1 is 1.26 bits per heavy atom. The molecule has 0 saturated heterocycles. The maximum Gasteiger partial charge on any atom is 0.316 e. The van der Waals surface area contributed by atoms with Crippen molar-refractivity contribution in [3.63, 3.8) is 0 Å². The predicted molar refractivity (Wildman–Crippen MR) is 87.4 cm³/mol. The van der Waals surface area contributed by atoms with Crippen LogP contribution in [0.2, 0.25) is 0 Å². The molecule has 0 radical (unpaired) electrons. The fourth-order valence-corrected chi connectivity index (χ4v) is 2.25. The molecule has 7 heteroatoms. The van der Waals surface area contributed by atoms with E-state index >= 15 is 0 Å². The lowest BCUT2D eigenvalue weighted by molar-refractivity contribution is 0.146. The van der Waals surface area contributed by atoms with Gasteiger partial charge in [-0.25, -0.2) is 4.79 Å². The number of benzene rings is 2. The number of rotatable bonds is 5. The number of urea groups is 1. The molecule has 0 bridgehead atoms. The van der Waals surface area contributed by atoms with Crippen molar-refractivity contribution < 1.29 is 10.0 Å². The van der Waals surface area contributed by atoms with Gasteiger partial charge in [0.05, 0.1) is 6.07 Å². The summed E-state index contributed by atoms with van der Waals surface area (Å²) in [6.45, 7) is 0. The molecule has 2 aromatic rings. The first kappa shape index (κ1) is 16.3. The zero-order chi connectivity index (χ0) is 16.8. The molecule has 0 aromatic heterocycles. The zero-order valence-electron chi connectivity index (χ0n) is 12.5. The smallest absolute Gasteiger partial charge is 0.316 e. The molecule has 2 aromatic carbocycles. The average molecular weight is 311 g/mol. The number of anilines is 3. The lowest BCUT2D eigenvalue weighted by atomic mass is 10.1. The number of nitrogens with two attached hydrogens (primary N) is 1. The van der Waals surface area contributed by atoms with E-state index in [1.165, 1.54) is 0 Å². The van der Waals surface area contributed by atoms with Crippen LogP contribution in [0.4, 0.5) is 21.9 Å². The maximum absolute atomic E-state index is 10.8. The summed E-state index contributed by atoms with van der Waals surface area (Å²) in [5.41, 5.74) is 9.94. The number of hydrogen-bond donors (Lipinski definition) is 4. The van der Waals surface area contributed by atoms with Gasteiger partial charge in [0, 0.05) is 29.7 Å². The maximum atomic E-state index is 10.8. The summed E-state index contributed by atoms with van der Waals surface area (Å²) >= 11 is 0. The summed E-state index contributed by atoms with van der Waals surface area (Å²) in [5, 5.41) is 20.8. The van der Waals surface area contributed by atoms with Crippen LogP contribution in [0.1, 0.15) is 11.6 Å². The lowest BCUT2D eigenvalue weighted by Crippen LogP contribution is -2.20. The van der Waals surface area contributed by atoms with Crippen molar-refractivity contribution in [3.8, 4) is 6.07 Å². The van der Waals surface area contributed by atoms with Crippen LogP contribution in [-0.2, 0) is 0 Å². The molecule has 1 atom stereocenters. The topological polar surface area (TPSA) is 114 Å². The van der Waals surface area contributed by atoms with Crippen LogP contribution in [0.3, 0.4) is 0 Å². The molecule has 7 nitrogen and oxygen atoms in total. The van der Waals surface area contributed by atoms with Crippen molar-refractivity contribution in [2.75, 3.05) is 17.3 Å². The molecule has 1 unspecified atom stereocenters. The Labute approximate surface area is 133 Å². The molecule has 0 saturated carbocycles. The van der Waals surface area contributed by atoms with Gasteiger partial charge in [-0.3, -0.25) is 0 Å². The minimum atomic E-state index is -0.829. The fourth-order valence-electron chi connectivity index (χ4n) is 2.25. The predicted octanol–water partition coefficient (Wildman–Crippen LogP) is 2.49. The van der Waals surface area contributed by atoms with Crippen LogP contribution in [0.25, 0.3) is 0 Å². The lowest BCUT2D eigenvalue weighted by Gasteiger charge is -2.24. The van der Waals surface area contributed by atoms with E-state index in [0.29, 0.717) is 11.3 Å². The van der Waals surface area contributed by atoms with Crippen molar-refractivity contribution in [1.29, 1.82) is 5.26 Å². The number of nitrogens with zero attached hydrogens (tertiary/aromatic N) is 2. The third kappa shape index (κ3) is 3.77. The van der Waals surface area contributed by atoms with Gasteiger partial charge in [-0.2, -0.15) is 10.7 Å². The van der Waals surface area contributed by atoms with Crippen molar-refractivity contribution in [1.82, 2.24) is 5.48 Å². The van der Waals surface area contributed by atoms with Crippen molar-refractivity contribution in [2.24, 2.45) is 5.73 Å². The minimum Gasteiger partial charge on any atom is -0.351 e. The van der Waals surface area contributed by atoms with E-state index in [9.17, 15) is 4.79 Å². The first-order valence-electron chi connectivity index (χ1n) is 6.85. The highest BCUT2D eigenvalue weighted by atomic mass is 16.5. The Morgan fingerprint density at radius 3 is 2.48 bits per heavy atom. The molecular formula is C16H17N5O2. The van der Waals surface area contributed by atoms with Crippen LogP contribution in [0.5, 0.6) is 0 Å². The van der Waals surface area contributed by atoms with E-state index < -0.39 is 12.1 Å². The normalized spacial score (nSPS) is 11.3. The highest BCUT2D eigenvalue weighted by molar-refractivity contribution is 5.88. The molecular weight excluding hydrogens is 294 g/mol. The largest absolute Gasteiger partial charge is 0.351 e. The van der Waals surface area contributed by atoms with Crippen LogP contribution in [0, 0.1) is 11.3 Å². The second kappa shape index (κ2) is 7.26. The summed E-state index contributed by atoms with van der Waals surface area (Å²) in [4.78, 5) is 12.7. The number of para-hydroxylation sites is 1. The van der Waals surface area contributed by atoms with Gasteiger partial charge in [0.2, 0.25) is 0 Å². The van der Waals surface area contributed by atoms with Crippen molar-refractivity contribution in [2.45, 2.75) is 6.04 Å². The molecule has 118 valence electrons. The summed E-state index contributed by atoms with van der Waals surface area (Å²) in [7, 11) is 1.85. The van der Waals surface area contributed by atoms with Crippen LogP contribution in [0.15, 0.2) is 48.5 Å². The number of primary amides is 1. The molecule has 2 amide bonds. The van der Waals surface area contributed by atoms with Crippen LogP contribution >= 0.6 is 0 Å². The number of carbonyl (C=O) groups is 1. The standard InChI is InChI=1S/C16H17N5O2/c1-21(12-8-6-11(7-9-12)19-16(18)22)15-5-3-2-4-13(15)14(10-17)20-23/h2-9,14,20,23H,1H3,(H3,18,19,22). The zero-order valence-corrected chi connectivity index (χ0v) is 12.5. The van der Waals surface area contributed by atoms with Gasteiger partial charge in [-0.15, -0.1) is 0 Å². The molecule has 0 aliphatic rings. The fraction of sp³-hybridized carbons (Fsp3) is 0.125. The van der Waals surface area contributed by atoms with E-state index in [1.807, 2.05) is 47.8 Å². The molecule has 0 fully saturated rings. The van der Waals surface area contributed by atoms with E-state index in [4.69, 9.17) is 16.2 Å². The Kier molecular flexibility index (Phi) is 5.15. The van der Waals surface area contributed by atoms with Gasteiger partial charge < -0.3 is 21.2 Å². The Hall–Kier alpha value is -3.08. The monoisotopic (exact) mass is 311 g/mol. The van der Waals surface area contributed by atoms with Crippen LogP contribution < -0.4 is 21.4 Å². The van der Waals surface area contributed by atoms with E-state index in [2.05, 4.69) is 5.32 Å². The summed E-state index contributed by atoms with van der Waals surface area (Å²) < 4.78 is 0. The second-order valence-corrected chi connectivity index (χ2v) is 4.85.